The van der Waals surface area contributed by atoms with Gasteiger partial charge in [-0.1, -0.05) is 35.5 Å². The molecule has 7 heteroatoms. The Bertz CT molecular complexity index is 1170. The largest absolute Gasteiger partial charge is 0.361 e. The van der Waals surface area contributed by atoms with Crippen molar-refractivity contribution in [2.24, 2.45) is 0 Å². The van der Waals surface area contributed by atoms with E-state index in [9.17, 15) is 9.18 Å². The highest BCUT2D eigenvalue weighted by Gasteiger charge is 2.19. The summed E-state index contributed by atoms with van der Waals surface area (Å²) in [6, 6.07) is 17.8. The zero-order valence-electron chi connectivity index (χ0n) is 17.5. The van der Waals surface area contributed by atoms with Crippen molar-refractivity contribution in [3.8, 4) is 16.9 Å². The van der Waals surface area contributed by atoms with Crippen LogP contribution in [0.4, 0.5) is 4.39 Å². The highest BCUT2D eigenvalue weighted by Crippen LogP contribution is 2.20. The van der Waals surface area contributed by atoms with Crippen molar-refractivity contribution in [3.63, 3.8) is 0 Å². The molecule has 0 saturated heterocycles. The molecule has 4 aromatic rings. The molecule has 0 fully saturated rings. The Morgan fingerprint density at radius 2 is 1.87 bits per heavy atom. The minimum atomic E-state index is -0.313. The minimum absolute atomic E-state index is 0.103. The van der Waals surface area contributed by atoms with Gasteiger partial charge in [0, 0.05) is 31.6 Å². The van der Waals surface area contributed by atoms with Crippen LogP contribution in [0.25, 0.3) is 16.9 Å². The van der Waals surface area contributed by atoms with Gasteiger partial charge in [0.15, 0.2) is 0 Å². The van der Waals surface area contributed by atoms with Gasteiger partial charge in [-0.25, -0.2) is 9.07 Å². The van der Waals surface area contributed by atoms with Crippen LogP contribution in [0.1, 0.15) is 28.2 Å². The van der Waals surface area contributed by atoms with Crippen molar-refractivity contribution >= 4 is 5.91 Å². The Labute approximate surface area is 179 Å². The van der Waals surface area contributed by atoms with Gasteiger partial charge in [-0.2, -0.15) is 5.10 Å². The Morgan fingerprint density at radius 3 is 2.61 bits per heavy atom. The fourth-order valence-corrected chi connectivity index (χ4v) is 3.44. The maximum Gasteiger partial charge on any atom is 0.257 e. The van der Waals surface area contributed by atoms with E-state index in [4.69, 9.17) is 4.52 Å². The molecule has 0 radical (unpaired) electrons. The first-order valence-corrected chi connectivity index (χ1v) is 10.1. The number of halogens is 1. The predicted molar refractivity (Wildman–Crippen MR) is 115 cm³/mol. The zero-order valence-corrected chi connectivity index (χ0v) is 17.5. The highest BCUT2D eigenvalue weighted by molar-refractivity contribution is 5.95. The molecule has 158 valence electrons. The number of nitrogens with zero attached hydrogens (tertiary/aromatic N) is 4. The van der Waals surface area contributed by atoms with Crippen LogP contribution in [0.5, 0.6) is 0 Å². The molecule has 1 amide bonds. The first kappa shape index (κ1) is 20.5. The lowest BCUT2D eigenvalue weighted by Gasteiger charge is -2.16. The molecule has 0 aliphatic carbocycles. The molecule has 0 bridgehead atoms. The van der Waals surface area contributed by atoms with Crippen molar-refractivity contribution in [1.82, 2.24) is 19.8 Å². The number of carbonyl (C=O) groups excluding carboxylic acids is 1. The molecule has 2 heterocycles. The molecule has 0 atom stereocenters. The summed E-state index contributed by atoms with van der Waals surface area (Å²) in [6.45, 7) is 2.40. The number of hydrogen-bond donors (Lipinski definition) is 0. The molecule has 2 aromatic carbocycles. The van der Waals surface area contributed by atoms with Crippen LogP contribution in [-0.2, 0) is 6.42 Å². The van der Waals surface area contributed by atoms with Crippen molar-refractivity contribution in [2.75, 3.05) is 13.6 Å². The second kappa shape index (κ2) is 8.95. The van der Waals surface area contributed by atoms with Crippen LogP contribution in [0.2, 0.25) is 0 Å². The molecule has 0 spiro atoms. The number of aromatic nitrogens is 3. The molecular formula is C24H23FN4O2. The molecule has 2 aromatic heterocycles. The second-order valence-corrected chi connectivity index (χ2v) is 7.41. The third-order valence-corrected chi connectivity index (χ3v) is 5.20. The van der Waals surface area contributed by atoms with Crippen LogP contribution in [-0.4, -0.2) is 39.3 Å². The first-order valence-electron chi connectivity index (χ1n) is 10.1. The zero-order chi connectivity index (χ0) is 21.8. The third kappa shape index (κ3) is 4.55. The maximum atomic E-state index is 13.2. The summed E-state index contributed by atoms with van der Waals surface area (Å²) in [5.74, 6) is 0.376. The summed E-state index contributed by atoms with van der Waals surface area (Å²) in [5.41, 5.74) is 3.77. The Hall–Kier alpha value is -3.74. The number of carbonyl (C=O) groups is 1. The molecule has 0 aliphatic heterocycles. The maximum absolute atomic E-state index is 13.2. The van der Waals surface area contributed by atoms with Crippen molar-refractivity contribution < 1.29 is 13.7 Å². The molecule has 6 nitrogen and oxygen atoms in total. The van der Waals surface area contributed by atoms with E-state index in [2.05, 4.69) is 10.3 Å². The van der Waals surface area contributed by atoms with Crippen LogP contribution >= 0.6 is 0 Å². The van der Waals surface area contributed by atoms with E-state index in [1.54, 1.807) is 35.0 Å². The van der Waals surface area contributed by atoms with E-state index in [0.717, 1.165) is 23.4 Å². The molecule has 0 saturated carbocycles. The van der Waals surface area contributed by atoms with Crippen molar-refractivity contribution in [2.45, 2.75) is 19.8 Å². The van der Waals surface area contributed by atoms with E-state index in [-0.39, 0.29) is 11.7 Å². The van der Waals surface area contributed by atoms with E-state index >= 15 is 0 Å². The van der Waals surface area contributed by atoms with Crippen LogP contribution in [0.3, 0.4) is 0 Å². The molecule has 0 N–H and O–H groups in total. The van der Waals surface area contributed by atoms with E-state index in [1.807, 2.05) is 43.3 Å². The Kier molecular flexibility index (Phi) is 5.93. The van der Waals surface area contributed by atoms with Gasteiger partial charge in [-0.3, -0.25) is 4.79 Å². The quantitative estimate of drug-likeness (QED) is 0.437. The molecule has 31 heavy (non-hydrogen) atoms. The van der Waals surface area contributed by atoms with Gasteiger partial charge in [0.2, 0.25) is 0 Å². The summed E-state index contributed by atoms with van der Waals surface area (Å²) in [6.07, 6.45) is 2.99. The number of aryl methyl sites for hydroxylation is 1. The first-order chi connectivity index (χ1) is 15.0. The summed E-state index contributed by atoms with van der Waals surface area (Å²) in [7, 11) is 1.77. The van der Waals surface area contributed by atoms with Crippen molar-refractivity contribution in [1.29, 1.82) is 0 Å². The summed E-state index contributed by atoms with van der Waals surface area (Å²) < 4.78 is 20.2. The molecule has 0 aliphatic rings. The standard InChI is InChI=1S/C24H23FN4O2/c1-17-22(16-26-29(17)20-12-10-19(25)11-13-20)24(30)28(2)14-6-9-21-15-23(27-31-21)18-7-4-3-5-8-18/h3-5,7-8,10-13,15-16H,6,9,14H2,1-2H3. The molecule has 4 rings (SSSR count). The van der Waals surface area contributed by atoms with E-state index in [0.29, 0.717) is 29.9 Å². The monoisotopic (exact) mass is 418 g/mol. The van der Waals surface area contributed by atoms with Crippen LogP contribution in [0, 0.1) is 12.7 Å². The van der Waals surface area contributed by atoms with Crippen LogP contribution < -0.4 is 0 Å². The summed E-state index contributed by atoms with van der Waals surface area (Å²) in [4.78, 5) is 14.5. The Balaban J connectivity index is 1.35. The Morgan fingerprint density at radius 1 is 1.13 bits per heavy atom. The van der Waals surface area contributed by atoms with Gasteiger partial charge in [0.1, 0.15) is 17.3 Å². The topological polar surface area (TPSA) is 64.2 Å². The van der Waals surface area contributed by atoms with E-state index < -0.39 is 0 Å². The fourth-order valence-electron chi connectivity index (χ4n) is 3.44. The SMILES string of the molecule is Cc1c(C(=O)N(C)CCCc2cc(-c3ccccc3)no2)cnn1-c1ccc(F)cc1. The molecular weight excluding hydrogens is 395 g/mol. The van der Waals surface area contributed by atoms with Gasteiger partial charge in [-0.05, 0) is 37.6 Å². The lowest BCUT2D eigenvalue weighted by molar-refractivity contribution is 0.0792. The van der Waals surface area contributed by atoms with Gasteiger partial charge < -0.3 is 9.42 Å². The minimum Gasteiger partial charge on any atom is -0.361 e. The lowest BCUT2D eigenvalue weighted by atomic mass is 10.1. The van der Waals surface area contributed by atoms with Crippen LogP contribution in [0.15, 0.2) is 71.4 Å². The number of hydrogen-bond acceptors (Lipinski definition) is 4. The number of rotatable bonds is 7. The smallest absolute Gasteiger partial charge is 0.257 e. The van der Waals surface area contributed by atoms with Gasteiger partial charge in [0.05, 0.1) is 23.1 Å². The van der Waals surface area contributed by atoms with Gasteiger partial charge >= 0.3 is 0 Å². The average Bonchev–Trinajstić information content (AvgIpc) is 3.41. The third-order valence-electron chi connectivity index (χ3n) is 5.20. The second-order valence-electron chi connectivity index (χ2n) is 7.41. The summed E-state index contributed by atoms with van der Waals surface area (Å²) >= 11 is 0. The fraction of sp³-hybridized carbons (Fsp3) is 0.208. The predicted octanol–water partition coefficient (Wildman–Crippen LogP) is 4.68. The van der Waals surface area contributed by atoms with Crippen molar-refractivity contribution in [3.05, 3.63) is 89.7 Å². The number of amides is 1. The lowest BCUT2D eigenvalue weighted by Crippen LogP contribution is -2.28. The van der Waals surface area contributed by atoms with Gasteiger partial charge in [0.25, 0.3) is 5.91 Å². The van der Waals surface area contributed by atoms with Gasteiger partial charge in [-0.15, -0.1) is 0 Å². The normalized spacial score (nSPS) is 10.9. The van der Waals surface area contributed by atoms with E-state index in [1.165, 1.54) is 12.1 Å². The average molecular weight is 418 g/mol. The summed E-state index contributed by atoms with van der Waals surface area (Å²) in [5, 5.41) is 8.43. The highest BCUT2D eigenvalue weighted by atomic mass is 19.1. The molecule has 0 unspecified atom stereocenters. The number of benzene rings is 2.